The van der Waals surface area contributed by atoms with E-state index in [2.05, 4.69) is 16.3 Å². The van der Waals surface area contributed by atoms with Crippen LogP contribution in [0.5, 0.6) is 0 Å². The lowest BCUT2D eigenvalue weighted by Crippen LogP contribution is -2.10. The predicted octanol–water partition coefficient (Wildman–Crippen LogP) is 2.49. The highest BCUT2D eigenvalue weighted by Crippen LogP contribution is 2.27. The predicted molar refractivity (Wildman–Crippen MR) is 74.3 cm³/mol. The Hall–Kier alpha value is -2.48. The van der Waals surface area contributed by atoms with E-state index in [9.17, 15) is 4.79 Å². The van der Waals surface area contributed by atoms with Crippen molar-refractivity contribution < 1.29 is 9.53 Å². The molecule has 2 aromatic rings. The first-order valence-electron chi connectivity index (χ1n) is 6.38. The van der Waals surface area contributed by atoms with Crippen molar-refractivity contribution in [2.45, 2.75) is 27.2 Å². The molecule has 0 aliphatic heterocycles. The molecule has 0 unspecified atom stereocenters. The number of esters is 1. The van der Waals surface area contributed by atoms with Crippen LogP contribution in [0.25, 0.3) is 10.8 Å². The third-order valence-corrected chi connectivity index (χ3v) is 3.23. The standard InChI is InChI=1S/C15H15N3O2/c1-4-20-15(19)14-9(2)7-11-12(10(14)3)8-17-18-13(11)5-6-16/h7-8H,4-5H2,1-3H3. The van der Waals surface area contributed by atoms with Crippen LogP contribution in [0.15, 0.2) is 12.3 Å². The SMILES string of the molecule is CCOC(=O)c1c(C)cc2c(CC#N)nncc2c1C. The fraction of sp³-hybridized carbons (Fsp3) is 0.333. The summed E-state index contributed by atoms with van der Waals surface area (Å²) in [5.41, 5.74) is 2.83. The molecule has 1 aromatic carbocycles. The largest absolute Gasteiger partial charge is 0.462 e. The smallest absolute Gasteiger partial charge is 0.338 e. The molecular formula is C15H15N3O2. The van der Waals surface area contributed by atoms with Crippen molar-refractivity contribution in [1.29, 1.82) is 5.26 Å². The molecule has 0 fully saturated rings. The van der Waals surface area contributed by atoms with Gasteiger partial charge >= 0.3 is 5.97 Å². The molecule has 0 radical (unpaired) electrons. The van der Waals surface area contributed by atoms with Gasteiger partial charge in [-0.25, -0.2) is 4.79 Å². The number of aromatic nitrogens is 2. The van der Waals surface area contributed by atoms with E-state index in [0.29, 0.717) is 17.9 Å². The first-order chi connectivity index (χ1) is 9.60. The zero-order chi connectivity index (χ0) is 14.7. The zero-order valence-corrected chi connectivity index (χ0v) is 11.7. The van der Waals surface area contributed by atoms with E-state index < -0.39 is 0 Å². The summed E-state index contributed by atoms with van der Waals surface area (Å²) in [5.74, 6) is -0.331. The summed E-state index contributed by atoms with van der Waals surface area (Å²) < 4.78 is 5.09. The van der Waals surface area contributed by atoms with Crippen molar-refractivity contribution in [2.75, 3.05) is 6.61 Å². The Balaban J connectivity index is 2.71. The minimum Gasteiger partial charge on any atom is -0.462 e. The van der Waals surface area contributed by atoms with Gasteiger partial charge in [-0.1, -0.05) is 0 Å². The molecule has 0 saturated heterocycles. The van der Waals surface area contributed by atoms with E-state index in [1.165, 1.54) is 0 Å². The van der Waals surface area contributed by atoms with E-state index in [1.54, 1.807) is 13.1 Å². The Bertz CT molecular complexity index is 717. The number of fused-ring (bicyclic) bond motifs is 1. The van der Waals surface area contributed by atoms with Gasteiger partial charge in [-0.3, -0.25) is 0 Å². The van der Waals surface area contributed by atoms with Gasteiger partial charge in [0.25, 0.3) is 0 Å². The van der Waals surface area contributed by atoms with Crippen LogP contribution in [-0.4, -0.2) is 22.8 Å². The van der Waals surface area contributed by atoms with Crippen molar-refractivity contribution in [3.05, 3.63) is 34.6 Å². The first-order valence-corrected chi connectivity index (χ1v) is 6.38. The van der Waals surface area contributed by atoms with Gasteiger partial charge < -0.3 is 4.74 Å². The summed E-state index contributed by atoms with van der Waals surface area (Å²) in [7, 11) is 0. The molecule has 5 heteroatoms. The van der Waals surface area contributed by atoms with Crippen molar-refractivity contribution >= 4 is 16.7 Å². The van der Waals surface area contributed by atoms with Crippen LogP contribution < -0.4 is 0 Å². The van der Waals surface area contributed by atoms with E-state index >= 15 is 0 Å². The number of benzene rings is 1. The number of carbonyl (C=O) groups excluding carboxylic acids is 1. The maximum atomic E-state index is 12.0. The lowest BCUT2D eigenvalue weighted by Gasteiger charge is -2.12. The normalized spacial score (nSPS) is 10.3. The molecule has 2 rings (SSSR count). The van der Waals surface area contributed by atoms with Crippen LogP contribution >= 0.6 is 0 Å². The van der Waals surface area contributed by atoms with Crippen molar-refractivity contribution in [3.63, 3.8) is 0 Å². The molecule has 0 N–H and O–H groups in total. The van der Waals surface area contributed by atoms with Crippen LogP contribution in [0.1, 0.15) is 34.1 Å². The van der Waals surface area contributed by atoms with E-state index in [4.69, 9.17) is 10.00 Å². The number of ether oxygens (including phenoxy) is 1. The van der Waals surface area contributed by atoms with Crippen molar-refractivity contribution in [2.24, 2.45) is 0 Å². The monoisotopic (exact) mass is 269 g/mol. The molecule has 0 atom stereocenters. The number of hydrogen-bond acceptors (Lipinski definition) is 5. The van der Waals surface area contributed by atoms with Crippen LogP contribution in [-0.2, 0) is 11.2 Å². The van der Waals surface area contributed by atoms with E-state index in [0.717, 1.165) is 21.9 Å². The second-order valence-electron chi connectivity index (χ2n) is 4.50. The van der Waals surface area contributed by atoms with Crippen molar-refractivity contribution in [3.8, 4) is 6.07 Å². The van der Waals surface area contributed by atoms with E-state index in [-0.39, 0.29) is 12.4 Å². The lowest BCUT2D eigenvalue weighted by atomic mass is 9.95. The fourth-order valence-electron chi connectivity index (χ4n) is 2.34. The average molecular weight is 269 g/mol. The van der Waals surface area contributed by atoms with Gasteiger partial charge in [0, 0.05) is 10.8 Å². The third kappa shape index (κ3) is 2.32. The van der Waals surface area contributed by atoms with Crippen LogP contribution in [0, 0.1) is 25.2 Å². The van der Waals surface area contributed by atoms with Gasteiger partial charge in [0.2, 0.25) is 0 Å². The molecule has 1 aromatic heterocycles. The Morgan fingerprint density at radius 1 is 1.40 bits per heavy atom. The Labute approximate surface area is 117 Å². The summed E-state index contributed by atoms with van der Waals surface area (Å²) in [4.78, 5) is 12.0. The number of rotatable bonds is 3. The minimum atomic E-state index is -0.331. The molecule has 0 bridgehead atoms. The Morgan fingerprint density at radius 2 is 2.15 bits per heavy atom. The summed E-state index contributed by atoms with van der Waals surface area (Å²) in [6, 6.07) is 3.95. The Morgan fingerprint density at radius 3 is 2.80 bits per heavy atom. The molecule has 0 aliphatic rings. The molecule has 20 heavy (non-hydrogen) atoms. The zero-order valence-electron chi connectivity index (χ0n) is 11.7. The highest BCUT2D eigenvalue weighted by molar-refractivity contribution is 6.00. The fourth-order valence-corrected chi connectivity index (χ4v) is 2.34. The lowest BCUT2D eigenvalue weighted by molar-refractivity contribution is 0.0525. The van der Waals surface area contributed by atoms with Crippen molar-refractivity contribution in [1.82, 2.24) is 10.2 Å². The summed E-state index contributed by atoms with van der Waals surface area (Å²) in [5, 5.41) is 18.5. The molecular weight excluding hydrogens is 254 g/mol. The topological polar surface area (TPSA) is 75.9 Å². The van der Waals surface area contributed by atoms with Crippen LogP contribution in [0.4, 0.5) is 0 Å². The average Bonchev–Trinajstić information content (AvgIpc) is 2.40. The van der Waals surface area contributed by atoms with Gasteiger partial charge in [-0.05, 0) is 38.0 Å². The second-order valence-corrected chi connectivity index (χ2v) is 4.50. The van der Waals surface area contributed by atoms with E-state index in [1.807, 2.05) is 19.9 Å². The van der Waals surface area contributed by atoms with Gasteiger partial charge in [0.05, 0.1) is 36.6 Å². The molecule has 0 spiro atoms. The number of carbonyl (C=O) groups is 1. The Kier molecular flexibility index (Phi) is 3.94. The summed E-state index contributed by atoms with van der Waals surface area (Å²) >= 11 is 0. The second kappa shape index (κ2) is 5.66. The van der Waals surface area contributed by atoms with Gasteiger partial charge in [0.15, 0.2) is 0 Å². The van der Waals surface area contributed by atoms with Crippen LogP contribution in [0.3, 0.4) is 0 Å². The molecule has 5 nitrogen and oxygen atoms in total. The number of nitrogens with zero attached hydrogens (tertiary/aromatic N) is 3. The highest BCUT2D eigenvalue weighted by Gasteiger charge is 2.17. The highest BCUT2D eigenvalue weighted by atomic mass is 16.5. The summed E-state index contributed by atoms with van der Waals surface area (Å²) in [6.07, 6.45) is 1.82. The quantitative estimate of drug-likeness (QED) is 0.800. The molecule has 0 saturated carbocycles. The maximum Gasteiger partial charge on any atom is 0.338 e. The third-order valence-electron chi connectivity index (χ3n) is 3.23. The van der Waals surface area contributed by atoms with Gasteiger partial charge in [-0.2, -0.15) is 15.5 Å². The number of aryl methyl sites for hydroxylation is 2. The first kappa shape index (κ1) is 13.9. The number of nitriles is 1. The summed E-state index contributed by atoms with van der Waals surface area (Å²) in [6.45, 7) is 5.83. The molecule has 1 heterocycles. The van der Waals surface area contributed by atoms with Gasteiger partial charge in [-0.15, -0.1) is 0 Å². The van der Waals surface area contributed by atoms with Gasteiger partial charge in [0.1, 0.15) is 0 Å². The number of hydrogen-bond donors (Lipinski definition) is 0. The molecule has 0 aliphatic carbocycles. The maximum absolute atomic E-state index is 12.0. The minimum absolute atomic E-state index is 0.196. The molecule has 0 amide bonds. The van der Waals surface area contributed by atoms with Crippen LogP contribution in [0.2, 0.25) is 0 Å². The molecule has 102 valence electrons.